The largest absolute Gasteiger partial charge is 0.396 e. The lowest BCUT2D eigenvalue weighted by Crippen LogP contribution is -1.91. The molecule has 0 spiro atoms. The van der Waals surface area contributed by atoms with Crippen LogP contribution in [0.25, 0.3) is 10.6 Å². The topological polar surface area (TPSA) is 46.0 Å². The Balaban J connectivity index is 2.34. The Morgan fingerprint density at radius 3 is 2.73 bits per heavy atom. The van der Waals surface area contributed by atoms with Gasteiger partial charge in [0.2, 0.25) is 0 Å². The van der Waals surface area contributed by atoms with Gasteiger partial charge in [0.25, 0.3) is 0 Å². The molecule has 0 aliphatic carbocycles. The number of rotatable bonds is 3. The molecule has 0 radical (unpaired) electrons. The minimum atomic E-state index is 0.123. The van der Waals surface area contributed by atoms with Crippen molar-refractivity contribution in [3.8, 4) is 10.6 Å². The highest BCUT2D eigenvalue weighted by atomic mass is 79.9. The number of aliphatic hydroxyl groups excluding tert-OH is 1. The van der Waals surface area contributed by atoms with Gasteiger partial charge in [0.15, 0.2) is 0 Å². The van der Waals surface area contributed by atoms with Gasteiger partial charge in [0.1, 0.15) is 5.01 Å². The highest BCUT2D eigenvalue weighted by Crippen LogP contribution is 2.31. The molecule has 0 aliphatic heterocycles. The van der Waals surface area contributed by atoms with E-state index in [1.54, 1.807) is 23.7 Å². The summed E-state index contributed by atoms with van der Waals surface area (Å²) in [6.07, 6.45) is 4.08. The SMILES string of the molecule is OCCc1nc(-c2ccncc2)sc1Br. The third-order valence-electron chi connectivity index (χ3n) is 1.93. The van der Waals surface area contributed by atoms with Gasteiger partial charge in [0.05, 0.1) is 9.48 Å². The zero-order valence-electron chi connectivity index (χ0n) is 7.85. The highest BCUT2D eigenvalue weighted by molar-refractivity contribution is 9.11. The van der Waals surface area contributed by atoms with Crippen LogP contribution < -0.4 is 0 Å². The van der Waals surface area contributed by atoms with E-state index in [1.165, 1.54) is 0 Å². The lowest BCUT2D eigenvalue weighted by atomic mass is 10.3. The first kappa shape index (κ1) is 10.7. The molecule has 0 fully saturated rings. The monoisotopic (exact) mass is 284 g/mol. The van der Waals surface area contributed by atoms with Crippen LogP contribution >= 0.6 is 27.3 Å². The molecule has 3 nitrogen and oxygen atoms in total. The van der Waals surface area contributed by atoms with Crippen LogP contribution in [0.5, 0.6) is 0 Å². The van der Waals surface area contributed by atoms with Crippen LogP contribution in [0.15, 0.2) is 28.3 Å². The minimum absolute atomic E-state index is 0.123. The highest BCUT2D eigenvalue weighted by Gasteiger charge is 2.09. The number of hydrogen-bond donors (Lipinski definition) is 1. The second-order valence-electron chi connectivity index (χ2n) is 2.95. The summed E-state index contributed by atoms with van der Waals surface area (Å²) in [7, 11) is 0. The zero-order chi connectivity index (χ0) is 10.7. The lowest BCUT2D eigenvalue weighted by Gasteiger charge is -1.93. The minimum Gasteiger partial charge on any atom is -0.396 e. The van der Waals surface area contributed by atoms with Crippen LogP contribution in [0, 0.1) is 0 Å². The van der Waals surface area contributed by atoms with E-state index in [2.05, 4.69) is 25.9 Å². The summed E-state index contributed by atoms with van der Waals surface area (Å²) in [5, 5.41) is 9.81. The maximum Gasteiger partial charge on any atom is 0.124 e. The Bertz CT molecular complexity index is 444. The lowest BCUT2D eigenvalue weighted by molar-refractivity contribution is 0.298. The first-order valence-electron chi connectivity index (χ1n) is 4.47. The molecule has 0 saturated carbocycles. The maximum absolute atomic E-state index is 8.86. The quantitative estimate of drug-likeness (QED) is 0.942. The van der Waals surface area contributed by atoms with Gasteiger partial charge < -0.3 is 5.11 Å². The number of hydrogen-bond acceptors (Lipinski definition) is 4. The summed E-state index contributed by atoms with van der Waals surface area (Å²) < 4.78 is 0.989. The van der Waals surface area contributed by atoms with Gasteiger partial charge in [-0.1, -0.05) is 0 Å². The fourth-order valence-corrected chi connectivity index (χ4v) is 2.80. The number of aromatic nitrogens is 2. The fourth-order valence-electron chi connectivity index (χ4n) is 1.21. The van der Waals surface area contributed by atoms with Gasteiger partial charge in [-0.15, -0.1) is 11.3 Å². The Hall–Kier alpha value is -0.780. The van der Waals surface area contributed by atoms with E-state index in [0.29, 0.717) is 6.42 Å². The van der Waals surface area contributed by atoms with E-state index in [4.69, 9.17) is 5.11 Å². The molecular weight excluding hydrogens is 276 g/mol. The molecule has 15 heavy (non-hydrogen) atoms. The second kappa shape index (κ2) is 4.83. The molecule has 0 saturated heterocycles. The number of aliphatic hydroxyl groups is 1. The summed E-state index contributed by atoms with van der Waals surface area (Å²) in [5.41, 5.74) is 1.97. The molecule has 0 aromatic carbocycles. The average Bonchev–Trinajstić information content (AvgIpc) is 2.63. The van der Waals surface area contributed by atoms with Crippen molar-refractivity contribution in [1.82, 2.24) is 9.97 Å². The summed E-state index contributed by atoms with van der Waals surface area (Å²) in [6.45, 7) is 0.123. The molecule has 0 aliphatic rings. The van der Waals surface area contributed by atoms with Gasteiger partial charge in [-0.05, 0) is 28.1 Å². The Kier molecular flexibility index (Phi) is 3.45. The Labute approximate surface area is 100.0 Å². The normalized spacial score (nSPS) is 10.5. The van der Waals surface area contributed by atoms with Crippen LogP contribution in [0.3, 0.4) is 0 Å². The molecule has 2 heterocycles. The molecule has 0 atom stereocenters. The predicted octanol–water partition coefficient (Wildman–Crippen LogP) is 2.50. The smallest absolute Gasteiger partial charge is 0.124 e. The summed E-state index contributed by atoms with van der Waals surface area (Å²) >= 11 is 5.02. The predicted molar refractivity (Wildman–Crippen MR) is 63.8 cm³/mol. The molecule has 5 heteroatoms. The van der Waals surface area contributed by atoms with Crippen molar-refractivity contribution >= 4 is 27.3 Å². The van der Waals surface area contributed by atoms with Crippen molar-refractivity contribution in [3.05, 3.63) is 34.0 Å². The third kappa shape index (κ3) is 2.42. The third-order valence-corrected chi connectivity index (χ3v) is 3.80. The zero-order valence-corrected chi connectivity index (χ0v) is 10.3. The van der Waals surface area contributed by atoms with Gasteiger partial charge in [-0.2, -0.15) is 0 Å². The molecule has 2 aromatic heterocycles. The maximum atomic E-state index is 8.86. The van der Waals surface area contributed by atoms with Crippen molar-refractivity contribution in [1.29, 1.82) is 0 Å². The molecule has 0 amide bonds. The van der Waals surface area contributed by atoms with Crippen molar-refractivity contribution < 1.29 is 5.11 Å². The van der Waals surface area contributed by atoms with E-state index in [-0.39, 0.29) is 6.61 Å². The molecular formula is C10H9BrN2OS. The Morgan fingerprint density at radius 1 is 1.33 bits per heavy atom. The summed E-state index contributed by atoms with van der Waals surface area (Å²) in [4.78, 5) is 8.42. The van der Waals surface area contributed by atoms with Crippen molar-refractivity contribution in [2.45, 2.75) is 6.42 Å². The fraction of sp³-hybridized carbons (Fsp3) is 0.200. The second-order valence-corrected chi connectivity index (χ2v) is 5.27. The molecule has 78 valence electrons. The number of nitrogens with zero attached hydrogens (tertiary/aromatic N) is 2. The number of halogens is 1. The average molecular weight is 285 g/mol. The molecule has 0 unspecified atom stereocenters. The first-order chi connectivity index (χ1) is 7.31. The van der Waals surface area contributed by atoms with E-state index >= 15 is 0 Å². The van der Waals surface area contributed by atoms with Gasteiger partial charge in [-0.3, -0.25) is 4.98 Å². The van der Waals surface area contributed by atoms with E-state index in [9.17, 15) is 0 Å². The summed E-state index contributed by atoms with van der Waals surface area (Å²) in [6, 6.07) is 3.85. The van der Waals surface area contributed by atoms with Crippen LogP contribution in [0.2, 0.25) is 0 Å². The van der Waals surface area contributed by atoms with E-state index in [0.717, 1.165) is 20.1 Å². The van der Waals surface area contributed by atoms with E-state index in [1.807, 2.05) is 12.1 Å². The molecule has 0 bridgehead atoms. The number of thiazole rings is 1. The van der Waals surface area contributed by atoms with Gasteiger partial charge in [0, 0.05) is 31.0 Å². The van der Waals surface area contributed by atoms with Crippen LogP contribution in [0.4, 0.5) is 0 Å². The van der Waals surface area contributed by atoms with Crippen molar-refractivity contribution in [2.75, 3.05) is 6.61 Å². The summed E-state index contributed by atoms with van der Waals surface area (Å²) in [5.74, 6) is 0. The standard InChI is InChI=1S/C10H9BrN2OS/c11-9-8(3-6-14)13-10(15-9)7-1-4-12-5-2-7/h1-2,4-5,14H,3,6H2. The van der Waals surface area contributed by atoms with Gasteiger partial charge in [-0.25, -0.2) is 4.98 Å². The van der Waals surface area contributed by atoms with Crippen LogP contribution in [-0.4, -0.2) is 21.7 Å². The van der Waals surface area contributed by atoms with Crippen molar-refractivity contribution in [3.63, 3.8) is 0 Å². The Morgan fingerprint density at radius 2 is 2.07 bits per heavy atom. The molecule has 1 N–H and O–H groups in total. The first-order valence-corrected chi connectivity index (χ1v) is 6.08. The number of pyridine rings is 1. The van der Waals surface area contributed by atoms with Gasteiger partial charge >= 0.3 is 0 Å². The van der Waals surface area contributed by atoms with E-state index < -0.39 is 0 Å². The van der Waals surface area contributed by atoms with Crippen LogP contribution in [-0.2, 0) is 6.42 Å². The molecule has 2 rings (SSSR count). The van der Waals surface area contributed by atoms with Crippen molar-refractivity contribution in [2.24, 2.45) is 0 Å². The van der Waals surface area contributed by atoms with Crippen LogP contribution in [0.1, 0.15) is 5.69 Å². The molecule has 2 aromatic rings.